The number of nitrogens with zero attached hydrogens (tertiary/aromatic N) is 4. The third-order valence-electron chi connectivity index (χ3n) is 3.61. The third-order valence-corrected chi connectivity index (χ3v) is 4.58. The van der Waals surface area contributed by atoms with Gasteiger partial charge in [0.1, 0.15) is 5.82 Å². The van der Waals surface area contributed by atoms with Crippen LogP contribution >= 0.6 is 11.8 Å². The molecule has 7 heteroatoms. The molecule has 2 aromatic rings. The summed E-state index contributed by atoms with van der Waals surface area (Å²) >= 11 is 1.39. The molecule has 3 rings (SSSR count). The van der Waals surface area contributed by atoms with E-state index in [1.54, 1.807) is 24.3 Å². The van der Waals surface area contributed by atoms with E-state index in [0.29, 0.717) is 17.2 Å². The van der Waals surface area contributed by atoms with Crippen LogP contribution in [-0.4, -0.2) is 26.4 Å². The van der Waals surface area contributed by atoms with Crippen LogP contribution < -0.4 is 5.32 Å². The van der Waals surface area contributed by atoms with E-state index in [1.807, 2.05) is 0 Å². The largest absolute Gasteiger partial charge is 0.325 e. The fourth-order valence-corrected chi connectivity index (χ4v) is 3.15. The minimum Gasteiger partial charge on any atom is -0.325 e. The van der Waals surface area contributed by atoms with Gasteiger partial charge < -0.3 is 9.88 Å². The second kappa shape index (κ2) is 6.84. The molecule has 0 radical (unpaired) electrons. The van der Waals surface area contributed by atoms with Crippen LogP contribution in [0.4, 0.5) is 5.69 Å². The Kier molecular flexibility index (Phi) is 4.63. The number of hydrogen-bond donors (Lipinski definition) is 1. The monoisotopic (exact) mass is 327 g/mol. The summed E-state index contributed by atoms with van der Waals surface area (Å²) in [6, 6.07) is 8.93. The molecule has 0 unspecified atom stereocenters. The molecule has 0 spiro atoms. The van der Waals surface area contributed by atoms with E-state index in [2.05, 4.69) is 33.1 Å². The number of hydrogen-bond acceptors (Lipinski definition) is 5. The van der Waals surface area contributed by atoms with Crippen molar-refractivity contribution < 1.29 is 4.79 Å². The molecule has 0 saturated heterocycles. The number of nitriles is 1. The number of benzene rings is 1. The molecular formula is C16H17N5OS. The average molecular weight is 327 g/mol. The lowest BCUT2D eigenvalue weighted by molar-refractivity contribution is -0.113. The molecular weight excluding hydrogens is 310 g/mol. The molecule has 1 aromatic heterocycles. The standard InChI is InChI=1S/C16H17N5OS/c1-2-21-15(12-6-7-12)19-20-16(21)23-10-14(22)18-13-5-3-4-11(8-13)9-17/h3-5,8,12H,2,6-7,10H2,1H3,(H,18,22). The van der Waals surface area contributed by atoms with E-state index in [4.69, 9.17) is 5.26 Å². The first-order valence-corrected chi connectivity index (χ1v) is 8.55. The van der Waals surface area contributed by atoms with Crippen molar-refractivity contribution in [3.8, 4) is 6.07 Å². The Morgan fingerprint density at radius 3 is 3.00 bits per heavy atom. The fraction of sp³-hybridized carbons (Fsp3) is 0.375. The van der Waals surface area contributed by atoms with Gasteiger partial charge in [-0.2, -0.15) is 5.26 Å². The highest BCUT2D eigenvalue weighted by atomic mass is 32.2. The van der Waals surface area contributed by atoms with Crippen molar-refractivity contribution in [3.05, 3.63) is 35.7 Å². The topological polar surface area (TPSA) is 83.6 Å². The average Bonchev–Trinajstić information content (AvgIpc) is 3.33. The molecule has 6 nitrogen and oxygen atoms in total. The maximum atomic E-state index is 12.1. The SMILES string of the molecule is CCn1c(SCC(=O)Nc2cccc(C#N)c2)nnc1C1CC1. The van der Waals surface area contributed by atoms with Gasteiger partial charge in [-0.05, 0) is 38.0 Å². The van der Waals surface area contributed by atoms with E-state index in [0.717, 1.165) is 17.5 Å². The lowest BCUT2D eigenvalue weighted by Crippen LogP contribution is -2.14. The van der Waals surface area contributed by atoms with E-state index >= 15 is 0 Å². The zero-order chi connectivity index (χ0) is 16.2. The van der Waals surface area contributed by atoms with Crippen LogP contribution in [-0.2, 0) is 11.3 Å². The number of carbonyl (C=O) groups is 1. The molecule has 1 aliphatic carbocycles. The molecule has 118 valence electrons. The summed E-state index contributed by atoms with van der Waals surface area (Å²) in [6.07, 6.45) is 2.36. The zero-order valence-electron chi connectivity index (χ0n) is 12.8. The van der Waals surface area contributed by atoms with E-state index in [-0.39, 0.29) is 11.7 Å². The predicted octanol–water partition coefficient (Wildman–Crippen LogP) is 2.78. The lowest BCUT2D eigenvalue weighted by atomic mass is 10.2. The first-order valence-electron chi connectivity index (χ1n) is 7.57. The summed E-state index contributed by atoms with van der Waals surface area (Å²) in [5.74, 6) is 1.72. The molecule has 23 heavy (non-hydrogen) atoms. The maximum absolute atomic E-state index is 12.1. The van der Waals surface area contributed by atoms with Crippen molar-refractivity contribution in [3.63, 3.8) is 0 Å². The molecule has 1 aliphatic rings. The van der Waals surface area contributed by atoms with Crippen LogP contribution in [0, 0.1) is 11.3 Å². The van der Waals surface area contributed by atoms with Crippen molar-refractivity contribution in [1.82, 2.24) is 14.8 Å². The summed E-state index contributed by atoms with van der Waals surface area (Å²) < 4.78 is 2.09. The van der Waals surface area contributed by atoms with Crippen LogP contribution in [0.25, 0.3) is 0 Å². The second-order valence-corrected chi connectivity index (χ2v) is 6.33. The summed E-state index contributed by atoms with van der Waals surface area (Å²) in [6.45, 7) is 2.87. The van der Waals surface area contributed by atoms with Crippen molar-refractivity contribution in [2.24, 2.45) is 0 Å². The Balaban J connectivity index is 1.59. The number of amides is 1. The highest BCUT2D eigenvalue weighted by Crippen LogP contribution is 2.39. The molecule has 1 saturated carbocycles. The van der Waals surface area contributed by atoms with Crippen LogP contribution in [0.5, 0.6) is 0 Å². The van der Waals surface area contributed by atoms with Crippen molar-refractivity contribution in [1.29, 1.82) is 5.26 Å². The van der Waals surface area contributed by atoms with Gasteiger partial charge in [0.15, 0.2) is 5.16 Å². The highest BCUT2D eigenvalue weighted by Gasteiger charge is 2.30. The quantitative estimate of drug-likeness (QED) is 0.825. The molecule has 1 amide bonds. The summed E-state index contributed by atoms with van der Waals surface area (Å²) in [5, 5.41) is 20.9. The van der Waals surface area contributed by atoms with Gasteiger partial charge in [-0.3, -0.25) is 4.79 Å². The minimum atomic E-state index is -0.122. The zero-order valence-corrected chi connectivity index (χ0v) is 13.6. The number of rotatable bonds is 6. The van der Waals surface area contributed by atoms with Gasteiger partial charge in [0.25, 0.3) is 0 Å². The molecule has 0 atom stereocenters. The van der Waals surface area contributed by atoms with Crippen LogP contribution in [0.3, 0.4) is 0 Å². The number of aromatic nitrogens is 3. The van der Waals surface area contributed by atoms with Crippen LogP contribution in [0.1, 0.15) is 37.1 Å². The minimum absolute atomic E-state index is 0.122. The summed E-state index contributed by atoms with van der Waals surface area (Å²) in [5.41, 5.74) is 1.15. The van der Waals surface area contributed by atoms with Gasteiger partial charge in [-0.25, -0.2) is 0 Å². The van der Waals surface area contributed by atoms with Gasteiger partial charge in [-0.15, -0.1) is 10.2 Å². The van der Waals surface area contributed by atoms with E-state index < -0.39 is 0 Å². The number of thioether (sulfide) groups is 1. The van der Waals surface area contributed by atoms with Crippen molar-refractivity contribution >= 4 is 23.4 Å². The predicted molar refractivity (Wildman–Crippen MR) is 88.2 cm³/mol. The maximum Gasteiger partial charge on any atom is 0.234 e. The Labute approximate surface area is 138 Å². The number of carbonyl (C=O) groups excluding carboxylic acids is 1. The Bertz CT molecular complexity index is 760. The number of anilines is 1. The van der Waals surface area contributed by atoms with E-state index in [9.17, 15) is 4.79 Å². The van der Waals surface area contributed by atoms with Crippen LogP contribution in [0.2, 0.25) is 0 Å². The van der Waals surface area contributed by atoms with Gasteiger partial charge in [0.05, 0.1) is 17.4 Å². The Hall–Kier alpha value is -2.33. The number of nitrogens with one attached hydrogen (secondary N) is 1. The van der Waals surface area contributed by atoms with E-state index in [1.165, 1.54) is 24.6 Å². The Morgan fingerprint density at radius 2 is 2.30 bits per heavy atom. The molecule has 1 heterocycles. The highest BCUT2D eigenvalue weighted by molar-refractivity contribution is 7.99. The van der Waals surface area contributed by atoms with Gasteiger partial charge in [0, 0.05) is 18.2 Å². The van der Waals surface area contributed by atoms with Gasteiger partial charge in [0.2, 0.25) is 5.91 Å². The fourth-order valence-electron chi connectivity index (χ4n) is 2.34. The van der Waals surface area contributed by atoms with Gasteiger partial charge in [-0.1, -0.05) is 17.8 Å². The van der Waals surface area contributed by atoms with Gasteiger partial charge >= 0.3 is 0 Å². The normalized spacial score (nSPS) is 13.6. The summed E-state index contributed by atoms with van der Waals surface area (Å²) in [7, 11) is 0. The molecule has 1 aromatic carbocycles. The molecule has 1 N–H and O–H groups in total. The molecule has 0 bridgehead atoms. The first kappa shape index (κ1) is 15.6. The second-order valence-electron chi connectivity index (χ2n) is 5.39. The van der Waals surface area contributed by atoms with Crippen molar-refractivity contribution in [2.75, 3.05) is 11.1 Å². The molecule has 1 fully saturated rings. The first-order chi connectivity index (χ1) is 11.2. The Morgan fingerprint density at radius 1 is 1.48 bits per heavy atom. The third kappa shape index (κ3) is 3.71. The summed E-state index contributed by atoms with van der Waals surface area (Å²) in [4.78, 5) is 12.1. The lowest BCUT2D eigenvalue weighted by Gasteiger charge is -2.07. The molecule has 0 aliphatic heterocycles. The smallest absolute Gasteiger partial charge is 0.234 e. The van der Waals surface area contributed by atoms with Crippen molar-refractivity contribution in [2.45, 2.75) is 37.4 Å². The van der Waals surface area contributed by atoms with Crippen LogP contribution in [0.15, 0.2) is 29.4 Å².